The molecule has 0 aromatic carbocycles. The molecule has 0 radical (unpaired) electrons. The first-order valence-electron chi connectivity index (χ1n) is 4.53. The number of nitrogens with zero attached hydrogens (tertiary/aromatic N) is 1. The van der Waals surface area contributed by atoms with Gasteiger partial charge < -0.3 is 10.4 Å². The molecule has 0 aliphatic carbocycles. The van der Waals surface area contributed by atoms with Gasteiger partial charge in [-0.3, -0.25) is 10.1 Å². The highest BCUT2D eigenvalue weighted by Gasteiger charge is 2.23. The minimum absolute atomic E-state index is 0.0171. The Balaban J connectivity index is 2.02. The monoisotopic (exact) mass is 225 g/mol. The lowest BCUT2D eigenvalue weighted by molar-refractivity contribution is -0.117. The Morgan fingerprint density at radius 2 is 2.60 bits per heavy atom. The summed E-state index contributed by atoms with van der Waals surface area (Å²) in [5.41, 5.74) is 0. The molecule has 0 unspecified atom stereocenters. The minimum Gasteiger partial charge on any atom is -0.504 e. The Morgan fingerprint density at radius 3 is 3.27 bits per heavy atom. The molecule has 80 valence electrons. The van der Waals surface area contributed by atoms with Gasteiger partial charge in [0, 0.05) is 17.8 Å². The van der Waals surface area contributed by atoms with Crippen molar-refractivity contribution in [3.05, 3.63) is 18.3 Å². The summed E-state index contributed by atoms with van der Waals surface area (Å²) in [6, 6.07) is 2.89. The van der Waals surface area contributed by atoms with Crippen LogP contribution in [0.3, 0.4) is 0 Å². The first kappa shape index (κ1) is 10.3. The van der Waals surface area contributed by atoms with Gasteiger partial charge in [0.25, 0.3) is 0 Å². The summed E-state index contributed by atoms with van der Waals surface area (Å²) in [4.78, 5) is 15.5. The number of carbonyl (C=O) groups is 1. The first-order chi connectivity index (χ1) is 7.27. The summed E-state index contributed by atoms with van der Waals surface area (Å²) >= 11 is 1.67. The van der Waals surface area contributed by atoms with E-state index in [1.807, 2.05) is 0 Å². The van der Waals surface area contributed by atoms with Crippen LogP contribution in [0.25, 0.3) is 0 Å². The van der Waals surface area contributed by atoms with Crippen LogP contribution < -0.4 is 10.6 Å². The van der Waals surface area contributed by atoms with Crippen LogP contribution in [-0.2, 0) is 4.79 Å². The standard InChI is InChI=1S/C9H11N3O2S/c13-7-2-1-3-10-8(7)12-9(14)6-4-15-5-11-6/h1-3,6,11,13H,4-5H2,(H,10,12,14)/t6-/m1/s1. The molecule has 0 spiro atoms. The molecule has 2 rings (SSSR count). The van der Waals surface area contributed by atoms with Crippen molar-refractivity contribution in [2.24, 2.45) is 0 Å². The van der Waals surface area contributed by atoms with Gasteiger partial charge in [-0.2, -0.15) is 0 Å². The van der Waals surface area contributed by atoms with E-state index in [2.05, 4.69) is 15.6 Å². The van der Waals surface area contributed by atoms with Crippen molar-refractivity contribution in [2.45, 2.75) is 6.04 Å². The van der Waals surface area contributed by atoms with Crippen LogP contribution in [0.1, 0.15) is 0 Å². The van der Waals surface area contributed by atoms with Crippen molar-refractivity contribution < 1.29 is 9.90 Å². The zero-order chi connectivity index (χ0) is 10.7. The molecule has 1 saturated heterocycles. The number of carbonyl (C=O) groups excluding carboxylic acids is 1. The van der Waals surface area contributed by atoms with Gasteiger partial charge >= 0.3 is 0 Å². The average Bonchev–Trinajstić information content (AvgIpc) is 2.74. The Labute approximate surface area is 91.3 Å². The second-order valence-corrected chi connectivity index (χ2v) is 4.16. The third-order valence-electron chi connectivity index (χ3n) is 2.06. The number of hydrogen-bond acceptors (Lipinski definition) is 5. The van der Waals surface area contributed by atoms with Gasteiger partial charge in [0.05, 0.1) is 6.04 Å². The third-order valence-corrected chi connectivity index (χ3v) is 3.00. The van der Waals surface area contributed by atoms with Gasteiger partial charge in [0.15, 0.2) is 11.6 Å². The highest BCUT2D eigenvalue weighted by molar-refractivity contribution is 7.99. The molecule has 1 fully saturated rings. The number of rotatable bonds is 2. The zero-order valence-corrected chi connectivity index (χ0v) is 8.75. The summed E-state index contributed by atoms with van der Waals surface area (Å²) in [5.74, 6) is 1.57. The molecule has 2 heterocycles. The van der Waals surface area contributed by atoms with Gasteiger partial charge in [0.1, 0.15) is 0 Å². The largest absolute Gasteiger partial charge is 0.504 e. The summed E-state index contributed by atoms with van der Waals surface area (Å²) in [7, 11) is 0. The lowest BCUT2D eigenvalue weighted by atomic mass is 10.3. The molecule has 6 heteroatoms. The fourth-order valence-corrected chi connectivity index (χ4v) is 2.20. The molecule has 0 saturated carbocycles. The van der Waals surface area contributed by atoms with E-state index in [0.29, 0.717) is 0 Å². The lowest BCUT2D eigenvalue weighted by Crippen LogP contribution is -2.37. The molecular formula is C9H11N3O2S. The maximum Gasteiger partial charge on any atom is 0.243 e. The van der Waals surface area contributed by atoms with Gasteiger partial charge in [0.2, 0.25) is 5.91 Å². The molecule has 3 N–H and O–H groups in total. The van der Waals surface area contributed by atoms with Crippen LogP contribution in [0.15, 0.2) is 18.3 Å². The fourth-order valence-electron chi connectivity index (χ4n) is 1.26. The number of anilines is 1. The lowest BCUT2D eigenvalue weighted by Gasteiger charge is -2.10. The predicted octanol–water partition coefficient (Wildman–Crippen LogP) is 0.388. The van der Waals surface area contributed by atoms with Gasteiger partial charge in [-0.25, -0.2) is 4.98 Å². The molecular weight excluding hydrogens is 214 g/mol. The van der Waals surface area contributed by atoms with E-state index in [-0.39, 0.29) is 23.5 Å². The normalized spacial score (nSPS) is 20.1. The number of hydrogen-bond donors (Lipinski definition) is 3. The number of aromatic nitrogens is 1. The zero-order valence-electron chi connectivity index (χ0n) is 7.93. The van der Waals surface area contributed by atoms with E-state index in [4.69, 9.17) is 0 Å². The Morgan fingerprint density at radius 1 is 1.73 bits per heavy atom. The molecule has 5 nitrogen and oxygen atoms in total. The van der Waals surface area contributed by atoms with Crippen molar-refractivity contribution in [1.82, 2.24) is 10.3 Å². The van der Waals surface area contributed by atoms with Crippen molar-refractivity contribution in [3.63, 3.8) is 0 Å². The molecule has 1 aliphatic heterocycles. The Hall–Kier alpha value is -1.27. The second kappa shape index (κ2) is 4.50. The second-order valence-electron chi connectivity index (χ2n) is 3.13. The average molecular weight is 225 g/mol. The van der Waals surface area contributed by atoms with E-state index in [1.165, 1.54) is 12.3 Å². The maximum absolute atomic E-state index is 11.6. The van der Waals surface area contributed by atoms with E-state index < -0.39 is 0 Å². The fraction of sp³-hybridized carbons (Fsp3) is 0.333. The highest BCUT2D eigenvalue weighted by atomic mass is 32.2. The van der Waals surface area contributed by atoms with E-state index in [1.54, 1.807) is 17.8 Å². The summed E-state index contributed by atoms with van der Waals surface area (Å²) < 4.78 is 0. The van der Waals surface area contributed by atoms with Gasteiger partial charge in [-0.05, 0) is 12.1 Å². The predicted molar refractivity (Wildman–Crippen MR) is 58.8 cm³/mol. The molecule has 1 amide bonds. The van der Waals surface area contributed by atoms with E-state index in [9.17, 15) is 9.90 Å². The quantitative estimate of drug-likeness (QED) is 0.679. The van der Waals surface area contributed by atoms with E-state index in [0.717, 1.165) is 11.6 Å². The molecule has 1 atom stereocenters. The number of amides is 1. The van der Waals surface area contributed by atoms with Crippen LogP contribution in [0, 0.1) is 0 Å². The SMILES string of the molecule is O=C(Nc1ncccc1O)[C@H]1CSCN1. The van der Waals surface area contributed by atoms with Crippen molar-refractivity contribution >= 4 is 23.5 Å². The number of thioether (sulfide) groups is 1. The Kier molecular flexibility index (Phi) is 3.08. The summed E-state index contributed by atoms with van der Waals surface area (Å²) in [6.07, 6.45) is 1.52. The van der Waals surface area contributed by atoms with Crippen LogP contribution >= 0.6 is 11.8 Å². The van der Waals surface area contributed by atoms with Gasteiger partial charge in [-0.15, -0.1) is 11.8 Å². The molecule has 1 aromatic rings. The van der Waals surface area contributed by atoms with E-state index >= 15 is 0 Å². The number of pyridine rings is 1. The van der Waals surface area contributed by atoms with Crippen molar-refractivity contribution in [1.29, 1.82) is 0 Å². The Bertz CT molecular complexity index is 366. The maximum atomic E-state index is 11.6. The van der Waals surface area contributed by atoms with Crippen LogP contribution in [-0.4, -0.2) is 33.7 Å². The van der Waals surface area contributed by atoms with Crippen LogP contribution in [0.4, 0.5) is 5.82 Å². The van der Waals surface area contributed by atoms with Crippen LogP contribution in [0.2, 0.25) is 0 Å². The summed E-state index contributed by atoms with van der Waals surface area (Å²) in [6.45, 7) is 0. The molecule has 1 aliphatic rings. The van der Waals surface area contributed by atoms with Crippen molar-refractivity contribution in [2.75, 3.05) is 16.9 Å². The number of nitrogens with one attached hydrogen (secondary N) is 2. The topological polar surface area (TPSA) is 74.2 Å². The van der Waals surface area contributed by atoms with Gasteiger partial charge in [-0.1, -0.05) is 0 Å². The third kappa shape index (κ3) is 2.40. The smallest absolute Gasteiger partial charge is 0.243 e. The molecule has 15 heavy (non-hydrogen) atoms. The van der Waals surface area contributed by atoms with Crippen LogP contribution in [0.5, 0.6) is 5.75 Å². The van der Waals surface area contributed by atoms with Crippen molar-refractivity contribution in [3.8, 4) is 5.75 Å². The minimum atomic E-state index is -0.198. The molecule has 0 bridgehead atoms. The highest BCUT2D eigenvalue weighted by Crippen LogP contribution is 2.19. The number of aromatic hydroxyl groups is 1. The first-order valence-corrected chi connectivity index (χ1v) is 5.69. The summed E-state index contributed by atoms with van der Waals surface area (Å²) in [5, 5.41) is 15.0. The molecule has 1 aromatic heterocycles.